The van der Waals surface area contributed by atoms with Crippen LogP contribution in [0.25, 0.3) is 0 Å². The Morgan fingerprint density at radius 2 is 1.76 bits per heavy atom. The monoisotopic (exact) mass is 507 g/mol. The van der Waals surface area contributed by atoms with E-state index in [2.05, 4.69) is 48.2 Å². The molecule has 3 aromatic rings. The number of piperidine rings is 1. The van der Waals surface area contributed by atoms with Crippen LogP contribution in [0.15, 0.2) is 72.8 Å². The molecule has 4 nitrogen and oxygen atoms in total. The van der Waals surface area contributed by atoms with E-state index in [0.29, 0.717) is 24.3 Å². The Balaban J connectivity index is 0.00000228. The average Bonchev–Trinajstić information content (AvgIpc) is 2.82. The third-order valence-corrected chi connectivity index (χ3v) is 7.91. The summed E-state index contributed by atoms with van der Waals surface area (Å²) in [5.74, 6) is 2.46. The molecule has 2 bridgehead atoms. The van der Waals surface area contributed by atoms with Gasteiger partial charge in [-0.1, -0.05) is 55.5 Å². The van der Waals surface area contributed by atoms with E-state index in [1.54, 1.807) is 0 Å². The highest BCUT2D eigenvalue weighted by molar-refractivity contribution is 8.93. The summed E-state index contributed by atoms with van der Waals surface area (Å²) in [6.07, 6.45) is 2.05. The molecule has 3 aliphatic rings. The van der Waals surface area contributed by atoms with Crippen LogP contribution in [0.5, 0.6) is 17.2 Å². The van der Waals surface area contributed by atoms with Gasteiger partial charge in [-0.25, -0.2) is 0 Å². The van der Waals surface area contributed by atoms with Crippen LogP contribution in [-0.4, -0.2) is 41.8 Å². The van der Waals surface area contributed by atoms with Crippen LogP contribution in [0.4, 0.5) is 0 Å². The number of hydrogen-bond donors (Lipinski definition) is 1. The molecule has 5 heteroatoms. The standard InChI is InChI=1S/C28H29NO3.BrH/c1-19-25-15-20-11-12-22(30)16-24(20)28(19,21-7-3-2-4-8-21)13-14-29(25)17-23-18-31-26-9-5-6-10-27(26)32-23;/h2-12,16,19,23,25,30H,13-15,17-18H2,1H3;1H. The SMILES string of the molecule is Br.CC1C2Cc3ccc(O)cc3C1(c1ccccc1)CCN2CC1COc2ccccc2O1. The summed E-state index contributed by atoms with van der Waals surface area (Å²) in [4.78, 5) is 2.61. The Bertz CT molecular complexity index is 1140. The maximum Gasteiger partial charge on any atom is 0.161 e. The zero-order valence-corrected chi connectivity index (χ0v) is 20.5. The fraction of sp³-hybridized carbons (Fsp3) is 0.357. The van der Waals surface area contributed by atoms with Gasteiger partial charge in [0.15, 0.2) is 11.5 Å². The van der Waals surface area contributed by atoms with Crippen LogP contribution in [-0.2, 0) is 11.8 Å². The zero-order chi connectivity index (χ0) is 21.7. The molecule has 6 rings (SSSR count). The van der Waals surface area contributed by atoms with Crippen molar-refractivity contribution in [2.45, 2.75) is 37.3 Å². The molecule has 172 valence electrons. The summed E-state index contributed by atoms with van der Waals surface area (Å²) in [6, 6.07) is 25.2. The first kappa shape index (κ1) is 22.3. The topological polar surface area (TPSA) is 41.9 Å². The van der Waals surface area contributed by atoms with Crippen molar-refractivity contribution in [1.82, 2.24) is 4.90 Å². The Kier molecular flexibility index (Phi) is 5.87. The second-order valence-electron chi connectivity index (χ2n) is 9.48. The number of fused-ring (bicyclic) bond motifs is 5. The molecule has 1 fully saturated rings. The Morgan fingerprint density at radius 1 is 1.00 bits per heavy atom. The van der Waals surface area contributed by atoms with Crippen molar-refractivity contribution < 1.29 is 14.6 Å². The van der Waals surface area contributed by atoms with Crippen LogP contribution in [0.2, 0.25) is 0 Å². The molecule has 2 aliphatic heterocycles. The van der Waals surface area contributed by atoms with Crippen LogP contribution < -0.4 is 9.47 Å². The molecule has 1 saturated heterocycles. The van der Waals surface area contributed by atoms with E-state index in [1.165, 1.54) is 16.7 Å². The third-order valence-electron chi connectivity index (χ3n) is 7.91. The van der Waals surface area contributed by atoms with Gasteiger partial charge in [0.2, 0.25) is 0 Å². The summed E-state index contributed by atoms with van der Waals surface area (Å²) < 4.78 is 12.3. The van der Waals surface area contributed by atoms with E-state index in [9.17, 15) is 5.11 Å². The smallest absolute Gasteiger partial charge is 0.161 e. The molecule has 0 radical (unpaired) electrons. The molecular formula is C28H30BrNO3. The number of hydrogen-bond acceptors (Lipinski definition) is 4. The molecule has 1 N–H and O–H groups in total. The van der Waals surface area contributed by atoms with Crippen molar-refractivity contribution in [1.29, 1.82) is 0 Å². The molecule has 33 heavy (non-hydrogen) atoms. The van der Waals surface area contributed by atoms with Crippen molar-refractivity contribution in [2.24, 2.45) is 5.92 Å². The molecule has 0 saturated carbocycles. The normalized spacial score (nSPS) is 27.8. The first-order valence-corrected chi connectivity index (χ1v) is 11.7. The van der Waals surface area contributed by atoms with Gasteiger partial charge in [-0.2, -0.15) is 0 Å². The van der Waals surface area contributed by atoms with Gasteiger partial charge < -0.3 is 14.6 Å². The molecule has 2 heterocycles. The number of rotatable bonds is 3. The van der Waals surface area contributed by atoms with Gasteiger partial charge in [0.05, 0.1) is 0 Å². The Labute approximate surface area is 205 Å². The van der Waals surface area contributed by atoms with Crippen molar-refractivity contribution in [3.05, 3.63) is 89.5 Å². The molecule has 3 aromatic carbocycles. The molecule has 4 atom stereocenters. The molecule has 1 aliphatic carbocycles. The van der Waals surface area contributed by atoms with Gasteiger partial charge in [0, 0.05) is 18.0 Å². The summed E-state index contributed by atoms with van der Waals surface area (Å²) >= 11 is 0. The maximum absolute atomic E-state index is 10.3. The molecule has 4 unspecified atom stereocenters. The van der Waals surface area contributed by atoms with Crippen molar-refractivity contribution in [2.75, 3.05) is 19.7 Å². The second-order valence-corrected chi connectivity index (χ2v) is 9.48. The molecule has 0 spiro atoms. The fourth-order valence-electron chi connectivity index (χ4n) is 6.37. The molecule has 0 aromatic heterocycles. The van der Waals surface area contributed by atoms with Gasteiger partial charge in [-0.15, -0.1) is 17.0 Å². The number of likely N-dealkylation sites (tertiary alicyclic amines) is 1. The number of phenols is 1. The predicted octanol–water partition coefficient (Wildman–Crippen LogP) is 5.36. The van der Waals surface area contributed by atoms with Gasteiger partial charge in [-0.05, 0) is 66.3 Å². The minimum atomic E-state index is -0.0781. The van der Waals surface area contributed by atoms with E-state index in [1.807, 2.05) is 36.4 Å². The van der Waals surface area contributed by atoms with Gasteiger partial charge in [0.1, 0.15) is 18.5 Å². The predicted molar refractivity (Wildman–Crippen MR) is 135 cm³/mol. The highest BCUT2D eigenvalue weighted by atomic mass is 79.9. The summed E-state index contributed by atoms with van der Waals surface area (Å²) in [5, 5.41) is 10.3. The molecule has 0 amide bonds. The minimum Gasteiger partial charge on any atom is -0.508 e. The van der Waals surface area contributed by atoms with E-state index < -0.39 is 0 Å². The van der Waals surface area contributed by atoms with E-state index >= 15 is 0 Å². The van der Waals surface area contributed by atoms with Crippen LogP contribution >= 0.6 is 17.0 Å². The maximum atomic E-state index is 10.3. The Morgan fingerprint density at radius 3 is 2.58 bits per heavy atom. The largest absolute Gasteiger partial charge is 0.508 e. The molecular weight excluding hydrogens is 478 g/mol. The lowest BCUT2D eigenvalue weighted by Gasteiger charge is -2.56. The fourth-order valence-corrected chi connectivity index (χ4v) is 6.37. The first-order chi connectivity index (χ1) is 15.6. The van der Waals surface area contributed by atoms with Crippen molar-refractivity contribution in [3.63, 3.8) is 0 Å². The highest BCUT2D eigenvalue weighted by Gasteiger charge is 2.52. The number of phenolic OH excluding ortho intramolecular Hbond substituents is 1. The summed E-state index contributed by atoms with van der Waals surface area (Å²) in [5.41, 5.74) is 3.93. The second kappa shape index (κ2) is 8.69. The third kappa shape index (κ3) is 3.62. The number of benzene rings is 3. The number of ether oxygens (including phenoxy) is 2. The Hall–Kier alpha value is -2.50. The quantitative estimate of drug-likeness (QED) is 0.517. The lowest BCUT2D eigenvalue weighted by Crippen LogP contribution is -2.61. The van der Waals surface area contributed by atoms with Crippen molar-refractivity contribution >= 4 is 17.0 Å². The number of halogens is 1. The van der Waals surface area contributed by atoms with Crippen LogP contribution in [0.1, 0.15) is 30.0 Å². The van der Waals surface area contributed by atoms with Gasteiger partial charge in [0.25, 0.3) is 0 Å². The lowest BCUT2D eigenvalue weighted by atomic mass is 9.55. The van der Waals surface area contributed by atoms with E-state index in [0.717, 1.165) is 37.4 Å². The number of aromatic hydroxyl groups is 1. The number of nitrogens with zero attached hydrogens (tertiary/aromatic N) is 1. The summed E-state index contributed by atoms with van der Waals surface area (Å²) in [7, 11) is 0. The summed E-state index contributed by atoms with van der Waals surface area (Å²) in [6.45, 7) is 4.84. The highest BCUT2D eigenvalue weighted by Crippen LogP contribution is 2.53. The van der Waals surface area contributed by atoms with E-state index in [4.69, 9.17) is 9.47 Å². The first-order valence-electron chi connectivity index (χ1n) is 11.7. The van der Waals surface area contributed by atoms with E-state index in [-0.39, 0.29) is 28.5 Å². The van der Waals surface area contributed by atoms with Crippen molar-refractivity contribution in [3.8, 4) is 17.2 Å². The van der Waals surface area contributed by atoms with Crippen LogP contribution in [0.3, 0.4) is 0 Å². The lowest BCUT2D eigenvalue weighted by molar-refractivity contribution is -0.00555. The average molecular weight is 508 g/mol. The number of para-hydroxylation sites is 2. The van der Waals surface area contributed by atoms with Crippen LogP contribution in [0, 0.1) is 5.92 Å². The zero-order valence-electron chi connectivity index (χ0n) is 18.8. The van der Waals surface area contributed by atoms with Gasteiger partial charge in [-0.3, -0.25) is 4.90 Å². The minimum absolute atomic E-state index is 0. The van der Waals surface area contributed by atoms with Gasteiger partial charge >= 0.3 is 0 Å².